The molecule has 3 rings (SSSR count). The van der Waals surface area contributed by atoms with Crippen molar-refractivity contribution in [1.29, 1.82) is 5.26 Å². The average molecular weight is 290 g/mol. The Kier molecular flexibility index (Phi) is 4.75. The van der Waals surface area contributed by atoms with Crippen molar-refractivity contribution in [3.63, 3.8) is 0 Å². The molecule has 1 aliphatic rings. The summed E-state index contributed by atoms with van der Waals surface area (Å²) < 4.78 is 0. The lowest BCUT2D eigenvalue weighted by molar-refractivity contribution is -0.112. The van der Waals surface area contributed by atoms with E-state index in [1.54, 1.807) is 13.0 Å². The highest BCUT2D eigenvalue weighted by molar-refractivity contribution is 6.04. The Balaban J connectivity index is 0.000000545. The zero-order chi connectivity index (χ0) is 16.1. The van der Waals surface area contributed by atoms with Gasteiger partial charge in [-0.3, -0.25) is 4.79 Å². The molecule has 0 heterocycles. The molecule has 0 unspecified atom stereocenters. The quantitative estimate of drug-likeness (QED) is 0.715. The molecule has 0 spiro atoms. The van der Waals surface area contributed by atoms with E-state index < -0.39 is 0 Å². The summed E-state index contributed by atoms with van der Waals surface area (Å²) in [6.45, 7) is 6.82. The number of anilines is 1. The first kappa shape index (κ1) is 15.5. The number of fused-ring (bicyclic) bond motifs is 3. The summed E-state index contributed by atoms with van der Waals surface area (Å²) in [5, 5.41) is 10.3. The number of amides is 1. The van der Waals surface area contributed by atoms with Crippen LogP contribution >= 0.6 is 0 Å². The van der Waals surface area contributed by atoms with Crippen molar-refractivity contribution in [2.75, 3.05) is 5.32 Å². The lowest BCUT2D eigenvalue weighted by Gasteiger charge is -2.10. The van der Waals surface area contributed by atoms with Gasteiger partial charge in [-0.25, -0.2) is 0 Å². The van der Waals surface area contributed by atoms with Gasteiger partial charge in [-0.2, -0.15) is 5.26 Å². The molecule has 1 aliphatic carbocycles. The van der Waals surface area contributed by atoms with Crippen LogP contribution in [0, 0.1) is 11.3 Å². The minimum Gasteiger partial charge on any atom is -0.322 e. The molecule has 0 fully saturated rings. The lowest BCUT2D eigenvalue weighted by atomic mass is 10.0. The van der Waals surface area contributed by atoms with Gasteiger partial charge in [-0.15, -0.1) is 0 Å². The molecule has 0 saturated heterocycles. The van der Waals surface area contributed by atoms with E-state index in [4.69, 9.17) is 5.26 Å². The Morgan fingerprint density at radius 2 is 1.82 bits per heavy atom. The number of benzene rings is 2. The van der Waals surface area contributed by atoms with Crippen LogP contribution in [0.25, 0.3) is 11.1 Å². The number of nitrogens with one attached hydrogen (secondary N) is 1. The first-order valence-electron chi connectivity index (χ1n) is 7.06. The number of carbonyl (C=O) groups is 1. The molecule has 3 heteroatoms. The second kappa shape index (κ2) is 6.73. The number of nitriles is 1. The van der Waals surface area contributed by atoms with Crippen LogP contribution in [-0.4, -0.2) is 5.91 Å². The number of carbonyl (C=O) groups excluding carboxylic acids is 1. The predicted molar refractivity (Wildman–Crippen MR) is 89.4 cm³/mol. The van der Waals surface area contributed by atoms with Crippen LogP contribution in [0.1, 0.15) is 25.0 Å². The third-order valence-electron chi connectivity index (χ3n) is 3.49. The molecule has 2 aromatic rings. The van der Waals surface area contributed by atoms with E-state index in [0.29, 0.717) is 5.57 Å². The minimum absolute atomic E-state index is 0.121. The van der Waals surface area contributed by atoms with Gasteiger partial charge in [0.2, 0.25) is 0 Å². The maximum absolute atomic E-state index is 11.8. The number of hydrogen-bond donors (Lipinski definition) is 1. The van der Waals surface area contributed by atoms with Crippen LogP contribution in [0.3, 0.4) is 0 Å². The average Bonchev–Trinajstić information content (AvgIpc) is 2.88. The molecule has 1 N–H and O–H groups in total. The molecule has 2 aromatic carbocycles. The molecular formula is C19H18N2O. The van der Waals surface area contributed by atoms with Gasteiger partial charge in [-0.05, 0) is 35.2 Å². The fourth-order valence-corrected chi connectivity index (χ4v) is 2.50. The fourth-order valence-electron chi connectivity index (χ4n) is 2.50. The first-order chi connectivity index (χ1) is 10.6. The molecule has 0 bridgehead atoms. The Labute approximate surface area is 130 Å². The van der Waals surface area contributed by atoms with E-state index in [1.807, 2.05) is 18.2 Å². The highest BCUT2D eigenvalue weighted by atomic mass is 16.1. The Bertz CT molecular complexity index is 769. The SMILES string of the molecule is C=C(C)C(=O)Nc1cccc2c1Cc1ccccc1-2.CC#N. The van der Waals surface area contributed by atoms with Crippen molar-refractivity contribution in [2.45, 2.75) is 20.3 Å². The summed E-state index contributed by atoms with van der Waals surface area (Å²) in [4.78, 5) is 11.8. The standard InChI is InChI=1S/C17H15NO.C2H3N/c1-11(2)17(19)18-16-9-5-8-14-13-7-4-3-6-12(13)10-15(14)16;1-2-3/h3-9H,1,10H2,2H3,(H,18,19);1H3. The minimum atomic E-state index is -0.121. The van der Waals surface area contributed by atoms with Gasteiger partial charge < -0.3 is 5.32 Å². The van der Waals surface area contributed by atoms with E-state index in [-0.39, 0.29) is 5.91 Å². The van der Waals surface area contributed by atoms with Crippen LogP contribution in [0.4, 0.5) is 5.69 Å². The maximum atomic E-state index is 11.8. The van der Waals surface area contributed by atoms with Gasteiger partial charge in [0.15, 0.2) is 0 Å². The van der Waals surface area contributed by atoms with Crippen LogP contribution in [0.5, 0.6) is 0 Å². The molecule has 1 amide bonds. The first-order valence-corrected chi connectivity index (χ1v) is 7.06. The van der Waals surface area contributed by atoms with Crippen LogP contribution in [0.15, 0.2) is 54.6 Å². The summed E-state index contributed by atoms with van der Waals surface area (Å²) in [5.74, 6) is -0.121. The smallest absolute Gasteiger partial charge is 0.250 e. The maximum Gasteiger partial charge on any atom is 0.250 e. The number of hydrogen-bond acceptors (Lipinski definition) is 2. The fraction of sp³-hybridized carbons (Fsp3) is 0.158. The number of nitrogens with zero attached hydrogens (tertiary/aromatic N) is 1. The Morgan fingerprint density at radius 1 is 1.18 bits per heavy atom. The van der Waals surface area contributed by atoms with Crippen molar-refractivity contribution in [3.05, 3.63) is 65.7 Å². The topological polar surface area (TPSA) is 52.9 Å². The van der Waals surface area contributed by atoms with E-state index in [2.05, 4.69) is 36.2 Å². The number of rotatable bonds is 2. The highest BCUT2D eigenvalue weighted by Gasteiger charge is 2.21. The van der Waals surface area contributed by atoms with Gasteiger partial charge in [0, 0.05) is 24.6 Å². The van der Waals surface area contributed by atoms with Gasteiger partial charge in [0.1, 0.15) is 0 Å². The molecule has 3 nitrogen and oxygen atoms in total. The van der Waals surface area contributed by atoms with Crippen molar-refractivity contribution in [1.82, 2.24) is 0 Å². The molecule has 0 atom stereocenters. The van der Waals surface area contributed by atoms with Gasteiger partial charge in [0.25, 0.3) is 5.91 Å². The second-order valence-electron chi connectivity index (χ2n) is 5.12. The summed E-state index contributed by atoms with van der Waals surface area (Å²) in [6.07, 6.45) is 0.873. The zero-order valence-electron chi connectivity index (χ0n) is 12.8. The third-order valence-corrected chi connectivity index (χ3v) is 3.49. The van der Waals surface area contributed by atoms with Crippen LogP contribution in [0.2, 0.25) is 0 Å². The van der Waals surface area contributed by atoms with Gasteiger partial charge in [-0.1, -0.05) is 43.0 Å². The van der Waals surface area contributed by atoms with E-state index in [0.717, 1.165) is 12.1 Å². The monoisotopic (exact) mass is 290 g/mol. The molecular weight excluding hydrogens is 272 g/mol. The summed E-state index contributed by atoms with van der Waals surface area (Å²) in [5.41, 5.74) is 6.40. The van der Waals surface area contributed by atoms with Gasteiger partial charge in [0.05, 0.1) is 6.07 Å². The second-order valence-corrected chi connectivity index (χ2v) is 5.12. The Morgan fingerprint density at radius 3 is 2.50 bits per heavy atom. The van der Waals surface area contributed by atoms with Crippen molar-refractivity contribution < 1.29 is 4.79 Å². The van der Waals surface area contributed by atoms with E-state index in [1.165, 1.54) is 29.2 Å². The normalized spacial score (nSPS) is 10.4. The molecule has 22 heavy (non-hydrogen) atoms. The lowest BCUT2D eigenvalue weighted by Crippen LogP contribution is -2.13. The summed E-state index contributed by atoms with van der Waals surface area (Å²) in [7, 11) is 0. The predicted octanol–water partition coefficient (Wildman–Crippen LogP) is 4.30. The summed E-state index contributed by atoms with van der Waals surface area (Å²) >= 11 is 0. The van der Waals surface area contributed by atoms with Crippen LogP contribution in [-0.2, 0) is 11.2 Å². The highest BCUT2D eigenvalue weighted by Crippen LogP contribution is 2.39. The van der Waals surface area contributed by atoms with E-state index in [9.17, 15) is 4.79 Å². The molecule has 0 aliphatic heterocycles. The Hall–Kier alpha value is -2.86. The third kappa shape index (κ3) is 3.07. The van der Waals surface area contributed by atoms with Crippen LogP contribution < -0.4 is 5.32 Å². The molecule has 0 aromatic heterocycles. The van der Waals surface area contributed by atoms with Crippen molar-refractivity contribution >= 4 is 11.6 Å². The molecule has 0 radical (unpaired) electrons. The van der Waals surface area contributed by atoms with E-state index >= 15 is 0 Å². The molecule has 0 saturated carbocycles. The van der Waals surface area contributed by atoms with Crippen molar-refractivity contribution in [2.24, 2.45) is 0 Å². The molecule has 110 valence electrons. The summed E-state index contributed by atoms with van der Waals surface area (Å²) in [6, 6.07) is 16.2. The zero-order valence-corrected chi connectivity index (χ0v) is 12.8. The van der Waals surface area contributed by atoms with Crippen molar-refractivity contribution in [3.8, 4) is 17.2 Å². The van der Waals surface area contributed by atoms with Gasteiger partial charge >= 0.3 is 0 Å². The largest absolute Gasteiger partial charge is 0.322 e.